The lowest BCUT2D eigenvalue weighted by Crippen LogP contribution is -2.38. The molecule has 2 aliphatic heterocycles. The van der Waals surface area contributed by atoms with E-state index in [-0.39, 0.29) is 17.9 Å². The van der Waals surface area contributed by atoms with E-state index in [0.29, 0.717) is 24.2 Å². The van der Waals surface area contributed by atoms with Crippen LogP contribution in [0.1, 0.15) is 45.2 Å². The number of carbonyl (C=O) groups excluding carboxylic acids is 2. The molecule has 1 atom stereocenters. The molecule has 0 bridgehead atoms. The number of benzene rings is 2. The van der Waals surface area contributed by atoms with Crippen LogP contribution in [0, 0.1) is 0 Å². The molecule has 28 heavy (non-hydrogen) atoms. The van der Waals surface area contributed by atoms with Crippen molar-refractivity contribution < 1.29 is 19.1 Å². The number of fused-ring (bicyclic) bond motifs is 1. The number of ether oxygens (including phenoxy) is 2. The molecule has 2 heterocycles. The first-order valence-corrected chi connectivity index (χ1v) is 9.55. The third kappa shape index (κ3) is 3.14. The van der Waals surface area contributed by atoms with Gasteiger partial charge in [-0.15, -0.1) is 0 Å². The second-order valence-electron chi connectivity index (χ2n) is 7.11. The highest BCUT2D eigenvalue weighted by Crippen LogP contribution is 2.38. The molecular weight excluding hydrogens is 356 g/mol. The zero-order chi connectivity index (χ0) is 19.7. The molecule has 0 aliphatic carbocycles. The molecule has 0 N–H and O–H groups in total. The van der Waals surface area contributed by atoms with E-state index < -0.39 is 0 Å². The molecule has 2 aromatic rings. The maximum Gasteiger partial charge on any atom is 0.261 e. The Kier molecular flexibility index (Phi) is 5.05. The van der Waals surface area contributed by atoms with Gasteiger partial charge in [-0.1, -0.05) is 18.2 Å². The normalized spacial score (nSPS) is 19.2. The lowest BCUT2D eigenvalue weighted by Gasteiger charge is -2.27. The minimum Gasteiger partial charge on any atom is -0.497 e. The van der Waals surface area contributed by atoms with Crippen molar-refractivity contribution in [2.75, 3.05) is 33.9 Å². The van der Waals surface area contributed by atoms with Gasteiger partial charge in [0.1, 0.15) is 11.5 Å². The minimum absolute atomic E-state index is 0.196. The van der Waals surface area contributed by atoms with Crippen molar-refractivity contribution in [1.29, 1.82) is 0 Å². The largest absolute Gasteiger partial charge is 0.497 e. The van der Waals surface area contributed by atoms with Crippen molar-refractivity contribution in [3.8, 4) is 11.5 Å². The van der Waals surface area contributed by atoms with E-state index in [1.807, 2.05) is 18.2 Å². The number of imide groups is 1. The second kappa shape index (κ2) is 7.64. The molecule has 1 fully saturated rings. The third-order valence-corrected chi connectivity index (χ3v) is 5.65. The zero-order valence-corrected chi connectivity index (χ0v) is 16.2. The molecule has 0 aromatic heterocycles. The second-order valence-corrected chi connectivity index (χ2v) is 7.11. The van der Waals surface area contributed by atoms with Gasteiger partial charge in [-0.2, -0.15) is 0 Å². The van der Waals surface area contributed by atoms with Crippen molar-refractivity contribution in [3.63, 3.8) is 0 Å². The minimum atomic E-state index is -0.196. The Bertz CT molecular complexity index is 876. The molecule has 6 nitrogen and oxygen atoms in total. The van der Waals surface area contributed by atoms with E-state index in [9.17, 15) is 9.59 Å². The van der Waals surface area contributed by atoms with Crippen LogP contribution in [0.15, 0.2) is 42.5 Å². The molecule has 0 radical (unpaired) electrons. The van der Waals surface area contributed by atoms with Crippen LogP contribution in [0.4, 0.5) is 0 Å². The Morgan fingerprint density at radius 3 is 2.32 bits per heavy atom. The summed E-state index contributed by atoms with van der Waals surface area (Å²) in [5.74, 6) is 1.17. The van der Waals surface area contributed by atoms with Gasteiger partial charge in [-0.05, 0) is 37.6 Å². The van der Waals surface area contributed by atoms with Gasteiger partial charge in [0.2, 0.25) is 0 Å². The molecular formula is C22H24N2O4. The Morgan fingerprint density at radius 2 is 1.68 bits per heavy atom. The highest BCUT2D eigenvalue weighted by molar-refractivity contribution is 6.21. The number of hydrogen-bond donors (Lipinski definition) is 0. The Balaban J connectivity index is 1.49. The molecule has 0 saturated carbocycles. The summed E-state index contributed by atoms with van der Waals surface area (Å²) in [6, 6.07) is 13.1. The summed E-state index contributed by atoms with van der Waals surface area (Å²) in [4.78, 5) is 28.9. The smallest absolute Gasteiger partial charge is 0.261 e. The van der Waals surface area contributed by atoms with E-state index in [2.05, 4.69) is 4.90 Å². The van der Waals surface area contributed by atoms with Gasteiger partial charge >= 0.3 is 0 Å². The summed E-state index contributed by atoms with van der Waals surface area (Å²) in [6.45, 7) is 1.97. The maximum atomic E-state index is 12.6. The van der Waals surface area contributed by atoms with Crippen LogP contribution in [0.2, 0.25) is 0 Å². The predicted octanol–water partition coefficient (Wildman–Crippen LogP) is 3.14. The molecule has 0 unspecified atom stereocenters. The third-order valence-electron chi connectivity index (χ3n) is 5.65. The molecule has 2 aliphatic rings. The van der Waals surface area contributed by atoms with Crippen molar-refractivity contribution in [3.05, 3.63) is 59.2 Å². The summed E-state index contributed by atoms with van der Waals surface area (Å²) in [6.07, 6.45) is 2.09. The van der Waals surface area contributed by atoms with Crippen LogP contribution in [0.25, 0.3) is 0 Å². The van der Waals surface area contributed by atoms with Gasteiger partial charge in [0, 0.05) is 30.8 Å². The SMILES string of the molecule is COc1ccc([C@@H]2CCCN2CCN2C(=O)c3ccccc3C2=O)c(OC)c1. The fourth-order valence-electron chi connectivity index (χ4n) is 4.21. The highest BCUT2D eigenvalue weighted by Gasteiger charge is 2.36. The number of likely N-dealkylation sites (tertiary alicyclic amines) is 1. The molecule has 2 aromatic carbocycles. The fourth-order valence-corrected chi connectivity index (χ4v) is 4.21. The molecule has 146 valence electrons. The first-order chi connectivity index (χ1) is 13.6. The van der Waals surface area contributed by atoms with E-state index in [0.717, 1.165) is 36.4 Å². The summed E-state index contributed by atoms with van der Waals surface area (Å²) < 4.78 is 10.9. The molecule has 2 amide bonds. The van der Waals surface area contributed by atoms with Gasteiger partial charge in [-0.3, -0.25) is 19.4 Å². The van der Waals surface area contributed by atoms with E-state index in [1.165, 1.54) is 4.90 Å². The van der Waals surface area contributed by atoms with Gasteiger partial charge < -0.3 is 9.47 Å². The Labute approximate surface area is 164 Å². The van der Waals surface area contributed by atoms with Crippen molar-refractivity contribution in [1.82, 2.24) is 9.80 Å². The average molecular weight is 380 g/mol. The van der Waals surface area contributed by atoms with Crippen molar-refractivity contribution in [2.24, 2.45) is 0 Å². The monoisotopic (exact) mass is 380 g/mol. The molecule has 1 saturated heterocycles. The lowest BCUT2D eigenvalue weighted by atomic mass is 10.0. The average Bonchev–Trinajstić information content (AvgIpc) is 3.29. The first-order valence-electron chi connectivity index (χ1n) is 9.55. The van der Waals surface area contributed by atoms with Crippen molar-refractivity contribution >= 4 is 11.8 Å². The van der Waals surface area contributed by atoms with Gasteiger partial charge in [0.25, 0.3) is 11.8 Å². The van der Waals surface area contributed by atoms with Crippen LogP contribution in [0.3, 0.4) is 0 Å². The highest BCUT2D eigenvalue weighted by atomic mass is 16.5. The quantitative estimate of drug-likeness (QED) is 0.721. The lowest BCUT2D eigenvalue weighted by molar-refractivity contribution is 0.0632. The summed E-state index contributed by atoms with van der Waals surface area (Å²) >= 11 is 0. The Morgan fingerprint density at radius 1 is 0.964 bits per heavy atom. The summed E-state index contributed by atoms with van der Waals surface area (Å²) in [5.41, 5.74) is 2.12. The first kappa shape index (κ1) is 18.5. The number of methoxy groups -OCH3 is 2. The zero-order valence-electron chi connectivity index (χ0n) is 16.2. The number of amides is 2. The predicted molar refractivity (Wildman–Crippen MR) is 105 cm³/mol. The van der Waals surface area contributed by atoms with E-state index in [1.54, 1.807) is 38.5 Å². The Hall–Kier alpha value is -2.86. The van der Waals surface area contributed by atoms with E-state index in [4.69, 9.17) is 9.47 Å². The molecule has 4 rings (SSSR count). The number of rotatable bonds is 6. The van der Waals surface area contributed by atoms with E-state index >= 15 is 0 Å². The number of nitrogens with zero attached hydrogens (tertiary/aromatic N) is 2. The maximum absolute atomic E-state index is 12.6. The number of hydrogen-bond acceptors (Lipinski definition) is 5. The van der Waals surface area contributed by atoms with Crippen LogP contribution in [-0.2, 0) is 0 Å². The summed E-state index contributed by atoms with van der Waals surface area (Å²) in [7, 11) is 3.30. The van der Waals surface area contributed by atoms with Crippen LogP contribution >= 0.6 is 0 Å². The molecule has 6 heteroatoms. The summed E-state index contributed by atoms with van der Waals surface area (Å²) in [5, 5.41) is 0. The van der Waals surface area contributed by atoms with Crippen LogP contribution < -0.4 is 9.47 Å². The topological polar surface area (TPSA) is 59.1 Å². The molecule has 0 spiro atoms. The van der Waals surface area contributed by atoms with Crippen LogP contribution in [-0.4, -0.2) is 55.5 Å². The standard InChI is InChI=1S/C22H24N2O4/c1-27-15-9-10-18(20(14-15)28-2)19-8-5-11-23(19)12-13-24-21(25)16-6-3-4-7-17(16)22(24)26/h3-4,6-7,9-10,14,19H,5,8,11-13H2,1-2H3/t19-/m0/s1. The van der Waals surface area contributed by atoms with Gasteiger partial charge in [-0.25, -0.2) is 0 Å². The fraction of sp³-hybridized carbons (Fsp3) is 0.364. The van der Waals surface area contributed by atoms with Crippen LogP contribution in [0.5, 0.6) is 11.5 Å². The number of carbonyl (C=O) groups is 2. The van der Waals surface area contributed by atoms with Gasteiger partial charge in [0.05, 0.1) is 25.3 Å². The van der Waals surface area contributed by atoms with Gasteiger partial charge in [0.15, 0.2) is 0 Å². The van der Waals surface area contributed by atoms with Crippen molar-refractivity contribution in [2.45, 2.75) is 18.9 Å².